The lowest BCUT2D eigenvalue weighted by molar-refractivity contribution is -0.917. The van der Waals surface area contributed by atoms with Crippen LogP contribution in [0.5, 0.6) is 0 Å². The van der Waals surface area contributed by atoms with Gasteiger partial charge >= 0.3 is 0 Å². The quantitative estimate of drug-likeness (QED) is 0.805. The standard InChI is InChI=1S/C17H27N3O3S/c1-13-6-7-14(2)16(12-13)24(22,23)20-10-8-19(9-11-20)15(3)17(21)18(4)5/h6-7,12,15H,8-11H2,1-5H3/p+1/t15-/m0/s1. The van der Waals surface area contributed by atoms with Crippen molar-refractivity contribution in [2.45, 2.75) is 31.7 Å². The molecule has 0 bridgehead atoms. The summed E-state index contributed by atoms with van der Waals surface area (Å²) in [7, 11) is 0.0227. The SMILES string of the molecule is Cc1ccc(C)c(S(=O)(=O)N2CC[NH+]([C@@H](C)C(=O)N(C)C)CC2)c1. The van der Waals surface area contributed by atoms with E-state index in [9.17, 15) is 13.2 Å². The number of amides is 1. The zero-order chi connectivity index (χ0) is 18.1. The molecule has 0 unspecified atom stereocenters. The molecule has 1 aromatic rings. The first kappa shape index (κ1) is 18.9. The Morgan fingerprint density at radius 1 is 1.21 bits per heavy atom. The number of hydrogen-bond donors (Lipinski definition) is 1. The van der Waals surface area contributed by atoms with Crippen molar-refractivity contribution in [3.63, 3.8) is 0 Å². The maximum Gasteiger partial charge on any atom is 0.280 e. The minimum absolute atomic E-state index is 0.0795. The number of nitrogens with one attached hydrogen (secondary N) is 1. The number of sulfonamides is 1. The topological polar surface area (TPSA) is 62.1 Å². The van der Waals surface area contributed by atoms with Crippen LogP contribution >= 0.6 is 0 Å². The molecule has 1 N–H and O–H groups in total. The van der Waals surface area contributed by atoms with Gasteiger partial charge in [-0.25, -0.2) is 8.42 Å². The second kappa shape index (κ2) is 7.21. The molecule has 1 heterocycles. The summed E-state index contributed by atoms with van der Waals surface area (Å²) in [5.74, 6) is 0.0795. The Morgan fingerprint density at radius 3 is 2.33 bits per heavy atom. The Hall–Kier alpha value is -1.44. The number of rotatable bonds is 4. The molecule has 1 aliphatic rings. The van der Waals surface area contributed by atoms with Crippen molar-refractivity contribution in [3.8, 4) is 0 Å². The first-order valence-electron chi connectivity index (χ1n) is 8.27. The van der Waals surface area contributed by atoms with Crippen molar-refractivity contribution in [1.82, 2.24) is 9.21 Å². The molecular formula is C17H28N3O3S+. The molecule has 1 saturated heterocycles. The Labute approximate surface area is 145 Å². The monoisotopic (exact) mass is 354 g/mol. The molecule has 1 aromatic carbocycles. The highest BCUT2D eigenvalue weighted by atomic mass is 32.2. The van der Waals surface area contributed by atoms with Crippen molar-refractivity contribution in [3.05, 3.63) is 29.3 Å². The van der Waals surface area contributed by atoms with E-state index in [1.54, 1.807) is 29.4 Å². The van der Waals surface area contributed by atoms with Crippen LogP contribution in [0.2, 0.25) is 0 Å². The van der Waals surface area contributed by atoms with Gasteiger partial charge in [-0.3, -0.25) is 4.79 Å². The molecule has 1 amide bonds. The molecule has 2 rings (SSSR count). The highest BCUT2D eigenvalue weighted by molar-refractivity contribution is 7.89. The summed E-state index contributed by atoms with van der Waals surface area (Å²) in [5.41, 5.74) is 1.71. The highest BCUT2D eigenvalue weighted by Gasteiger charge is 2.35. The van der Waals surface area contributed by atoms with Crippen molar-refractivity contribution in [1.29, 1.82) is 0 Å². The van der Waals surface area contributed by atoms with Crippen LogP contribution in [-0.2, 0) is 14.8 Å². The number of likely N-dealkylation sites (N-methyl/N-ethyl adjacent to an activating group) is 1. The maximum atomic E-state index is 12.9. The molecule has 134 valence electrons. The van der Waals surface area contributed by atoms with Crippen LogP contribution < -0.4 is 4.90 Å². The number of benzene rings is 1. The van der Waals surface area contributed by atoms with E-state index >= 15 is 0 Å². The van der Waals surface area contributed by atoms with E-state index in [-0.39, 0.29) is 11.9 Å². The molecule has 7 heteroatoms. The summed E-state index contributed by atoms with van der Waals surface area (Å²) < 4.78 is 27.4. The number of quaternary nitrogens is 1. The molecule has 0 aromatic heterocycles. The van der Waals surface area contributed by atoms with Crippen molar-refractivity contribution in [2.24, 2.45) is 0 Å². The first-order chi connectivity index (χ1) is 11.1. The molecule has 1 fully saturated rings. The van der Waals surface area contributed by atoms with Crippen molar-refractivity contribution < 1.29 is 18.1 Å². The minimum Gasteiger partial charge on any atom is -0.344 e. The number of carbonyl (C=O) groups excluding carboxylic acids is 1. The first-order valence-corrected chi connectivity index (χ1v) is 9.71. The van der Waals surface area contributed by atoms with Gasteiger partial charge in [0.15, 0.2) is 6.04 Å². The smallest absolute Gasteiger partial charge is 0.280 e. The third kappa shape index (κ3) is 3.79. The fourth-order valence-corrected chi connectivity index (χ4v) is 4.88. The van der Waals surface area contributed by atoms with Gasteiger partial charge in [-0.15, -0.1) is 0 Å². The van der Waals surface area contributed by atoms with E-state index < -0.39 is 10.0 Å². The van der Waals surface area contributed by atoms with Crippen LogP contribution in [0.1, 0.15) is 18.1 Å². The van der Waals surface area contributed by atoms with Gasteiger partial charge in [0.1, 0.15) is 0 Å². The average molecular weight is 354 g/mol. The van der Waals surface area contributed by atoms with Gasteiger partial charge in [0, 0.05) is 14.1 Å². The van der Waals surface area contributed by atoms with Gasteiger partial charge in [-0.05, 0) is 38.0 Å². The molecule has 0 aliphatic carbocycles. The van der Waals surface area contributed by atoms with Crippen molar-refractivity contribution >= 4 is 15.9 Å². The Bertz CT molecular complexity index is 708. The molecule has 1 atom stereocenters. The Morgan fingerprint density at radius 2 is 1.79 bits per heavy atom. The minimum atomic E-state index is -3.48. The van der Waals surface area contributed by atoms with Crippen molar-refractivity contribution in [2.75, 3.05) is 40.3 Å². The molecule has 1 aliphatic heterocycles. The summed E-state index contributed by atoms with van der Waals surface area (Å²) in [6.07, 6.45) is 0. The third-order valence-corrected chi connectivity index (χ3v) is 6.79. The van der Waals surface area contributed by atoms with E-state index in [1.807, 2.05) is 32.9 Å². The fourth-order valence-electron chi connectivity index (χ4n) is 3.13. The second-order valence-electron chi connectivity index (χ2n) is 6.79. The lowest BCUT2D eigenvalue weighted by atomic mass is 10.2. The van der Waals surface area contributed by atoms with Crippen LogP contribution in [0.3, 0.4) is 0 Å². The van der Waals surface area contributed by atoms with E-state index in [2.05, 4.69) is 0 Å². The van der Waals surface area contributed by atoms with Crippen LogP contribution in [0.4, 0.5) is 0 Å². The lowest BCUT2D eigenvalue weighted by Crippen LogP contribution is -3.19. The Balaban J connectivity index is 2.11. The maximum absolute atomic E-state index is 12.9. The third-order valence-electron chi connectivity index (χ3n) is 4.75. The molecule has 0 saturated carbocycles. The molecular weight excluding hydrogens is 326 g/mol. The van der Waals surface area contributed by atoms with Gasteiger partial charge in [0.2, 0.25) is 10.0 Å². The van der Waals surface area contributed by atoms with Crippen LogP contribution in [0.25, 0.3) is 0 Å². The predicted molar refractivity (Wildman–Crippen MR) is 93.5 cm³/mol. The molecule has 6 nitrogen and oxygen atoms in total. The molecule has 0 spiro atoms. The van der Waals surface area contributed by atoms with E-state index in [1.165, 1.54) is 0 Å². The number of aryl methyl sites for hydroxylation is 2. The zero-order valence-corrected chi connectivity index (χ0v) is 16.0. The summed E-state index contributed by atoms with van der Waals surface area (Å²) in [6.45, 7) is 7.80. The highest BCUT2D eigenvalue weighted by Crippen LogP contribution is 2.21. The zero-order valence-electron chi connectivity index (χ0n) is 15.2. The van der Waals surface area contributed by atoms with Crippen LogP contribution in [-0.4, -0.2) is 69.8 Å². The lowest BCUT2D eigenvalue weighted by Gasteiger charge is -2.35. The Kier molecular flexibility index (Phi) is 5.67. The molecule has 24 heavy (non-hydrogen) atoms. The largest absolute Gasteiger partial charge is 0.344 e. The summed E-state index contributed by atoms with van der Waals surface area (Å²) in [5, 5.41) is 0. The fraction of sp³-hybridized carbons (Fsp3) is 0.588. The molecule has 0 radical (unpaired) electrons. The van der Waals surface area contributed by atoms with Gasteiger partial charge in [-0.2, -0.15) is 4.31 Å². The van der Waals surface area contributed by atoms with E-state index in [0.29, 0.717) is 31.1 Å². The number of hydrogen-bond acceptors (Lipinski definition) is 3. The van der Waals surface area contributed by atoms with Crippen LogP contribution in [0.15, 0.2) is 23.1 Å². The van der Waals surface area contributed by atoms with E-state index in [0.717, 1.165) is 16.0 Å². The van der Waals surface area contributed by atoms with Gasteiger partial charge in [0.25, 0.3) is 5.91 Å². The normalized spacial score (nSPS) is 18.4. The summed E-state index contributed by atoms with van der Waals surface area (Å²) >= 11 is 0. The van der Waals surface area contributed by atoms with E-state index in [4.69, 9.17) is 0 Å². The average Bonchev–Trinajstić information content (AvgIpc) is 2.55. The number of piperazine rings is 1. The van der Waals surface area contributed by atoms with Crippen LogP contribution in [0, 0.1) is 13.8 Å². The number of carbonyl (C=O) groups is 1. The summed E-state index contributed by atoms with van der Waals surface area (Å²) in [6, 6.07) is 5.36. The van der Waals surface area contributed by atoms with Gasteiger partial charge in [-0.1, -0.05) is 12.1 Å². The summed E-state index contributed by atoms with van der Waals surface area (Å²) in [4.78, 5) is 15.2. The van der Waals surface area contributed by atoms with Gasteiger partial charge in [0.05, 0.1) is 31.1 Å². The van der Waals surface area contributed by atoms with Gasteiger partial charge < -0.3 is 9.80 Å². The number of nitrogens with zero attached hydrogens (tertiary/aromatic N) is 2. The second-order valence-corrected chi connectivity index (χ2v) is 8.69. The predicted octanol–water partition coefficient (Wildman–Crippen LogP) is -0.331.